The van der Waals surface area contributed by atoms with Crippen molar-refractivity contribution in [1.29, 1.82) is 0 Å². The lowest BCUT2D eigenvalue weighted by molar-refractivity contribution is -0.130. The fourth-order valence-corrected chi connectivity index (χ4v) is 3.61. The molecule has 1 heterocycles. The first kappa shape index (κ1) is 15.3. The minimum Gasteiger partial charge on any atom is -0.354 e. The van der Waals surface area contributed by atoms with Crippen LogP contribution in [0, 0.1) is 11.8 Å². The second-order valence-corrected chi connectivity index (χ2v) is 5.85. The van der Waals surface area contributed by atoms with Gasteiger partial charge in [0.2, 0.25) is 11.8 Å². The average Bonchev–Trinajstić information content (AvgIpc) is 3.02. The summed E-state index contributed by atoms with van der Waals surface area (Å²) in [5.74, 6) is 1.39. The van der Waals surface area contributed by atoms with E-state index in [2.05, 4.69) is 10.6 Å². The van der Waals surface area contributed by atoms with Gasteiger partial charge in [-0.3, -0.25) is 9.59 Å². The van der Waals surface area contributed by atoms with Crippen LogP contribution in [0.3, 0.4) is 0 Å². The predicted octanol–water partition coefficient (Wildman–Crippen LogP) is 0.749. The van der Waals surface area contributed by atoms with Crippen molar-refractivity contribution in [3.63, 3.8) is 0 Å². The highest BCUT2D eigenvalue weighted by atomic mass is 16.2. The van der Waals surface area contributed by atoms with E-state index in [-0.39, 0.29) is 17.9 Å². The van der Waals surface area contributed by atoms with Crippen molar-refractivity contribution in [2.45, 2.75) is 45.6 Å². The second-order valence-electron chi connectivity index (χ2n) is 5.85. The third-order valence-electron chi connectivity index (χ3n) is 4.78. The second kappa shape index (κ2) is 7.07. The van der Waals surface area contributed by atoms with Crippen LogP contribution >= 0.6 is 0 Å². The molecule has 2 amide bonds. The van der Waals surface area contributed by atoms with Crippen molar-refractivity contribution in [3.8, 4) is 0 Å². The Morgan fingerprint density at radius 2 is 2.00 bits per heavy atom. The van der Waals surface area contributed by atoms with Gasteiger partial charge in [-0.15, -0.1) is 0 Å². The van der Waals surface area contributed by atoms with Gasteiger partial charge in [-0.1, -0.05) is 6.42 Å². The van der Waals surface area contributed by atoms with Gasteiger partial charge in [0.25, 0.3) is 0 Å². The van der Waals surface area contributed by atoms with Crippen LogP contribution in [0.4, 0.5) is 0 Å². The fourth-order valence-electron chi connectivity index (χ4n) is 3.61. The van der Waals surface area contributed by atoms with Gasteiger partial charge >= 0.3 is 0 Å². The smallest absolute Gasteiger partial charge is 0.237 e. The lowest BCUT2D eigenvalue weighted by Gasteiger charge is -2.20. The molecule has 0 aromatic carbocycles. The molecule has 3 unspecified atom stereocenters. The number of hydrogen-bond donors (Lipinski definition) is 2. The molecule has 20 heavy (non-hydrogen) atoms. The lowest BCUT2D eigenvalue weighted by Crippen LogP contribution is -2.45. The lowest BCUT2D eigenvalue weighted by atomic mass is 9.93. The summed E-state index contributed by atoms with van der Waals surface area (Å²) < 4.78 is 0. The minimum atomic E-state index is -0.0361. The Labute approximate surface area is 121 Å². The average molecular weight is 281 g/mol. The topological polar surface area (TPSA) is 61.4 Å². The first-order valence-corrected chi connectivity index (χ1v) is 7.96. The summed E-state index contributed by atoms with van der Waals surface area (Å²) in [5.41, 5.74) is 0. The highest BCUT2D eigenvalue weighted by Crippen LogP contribution is 2.37. The molecule has 2 N–H and O–H groups in total. The van der Waals surface area contributed by atoms with E-state index in [0.29, 0.717) is 24.8 Å². The van der Waals surface area contributed by atoms with Crippen LogP contribution in [0.5, 0.6) is 0 Å². The van der Waals surface area contributed by atoms with Crippen molar-refractivity contribution in [3.05, 3.63) is 0 Å². The molecule has 0 aromatic heterocycles. The SMILES string of the molecule is CCN(CC)C(=O)CCNC(=O)C1NCC2CCCC21. The van der Waals surface area contributed by atoms with Crippen LogP contribution in [0.2, 0.25) is 0 Å². The van der Waals surface area contributed by atoms with Gasteiger partial charge in [0.15, 0.2) is 0 Å². The summed E-state index contributed by atoms with van der Waals surface area (Å²) in [5, 5.41) is 6.26. The van der Waals surface area contributed by atoms with E-state index in [1.54, 1.807) is 4.90 Å². The molecule has 0 bridgehead atoms. The number of nitrogens with zero attached hydrogens (tertiary/aromatic N) is 1. The first-order valence-electron chi connectivity index (χ1n) is 7.96. The van der Waals surface area contributed by atoms with Crippen molar-refractivity contribution < 1.29 is 9.59 Å². The van der Waals surface area contributed by atoms with Crippen molar-refractivity contribution in [2.75, 3.05) is 26.2 Å². The van der Waals surface area contributed by atoms with Gasteiger partial charge < -0.3 is 15.5 Å². The maximum atomic E-state index is 12.2. The molecule has 1 saturated carbocycles. The van der Waals surface area contributed by atoms with Gasteiger partial charge in [0.05, 0.1) is 6.04 Å². The number of rotatable bonds is 6. The van der Waals surface area contributed by atoms with Crippen molar-refractivity contribution in [2.24, 2.45) is 11.8 Å². The molecule has 3 atom stereocenters. The monoisotopic (exact) mass is 281 g/mol. The third kappa shape index (κ3) is 3.32. The van der Waals surface area contributed by atoms with Gasteiger partial charge in [-0.2, -0.15) is 0 Å². The van der Waals surface area contributed by atoms with E-state index in [4.69, 9.17) is 0 Å². The maximum absolute atomic E-state index is 12.2. The molecule has 114 valence electrons. The number of carbonyl (C=O) groups excluding carboxylic acids is 2. The Morgan fingerprint density at radius 1 is 1.25 bits per heavy atom. The van der Waals surface area contributed by atoms with E-state index in [9.17, 15) is 9.59 Å². The van der Waals surface area contributed by atoms with Crippen LogP contribution in [0.25, 0.3) is 0 Å². The molecule has 1 aliphatic carbocycles. The van der Waals surface area contributed by atoms with Crippen LogP contribution < -0.4 is 10.6 Å². The molecule has 2 fully saturated rings. The zero-order valence-corrected chi connectivity index (χ0v) is 12.7. The number of hydrogen-bond acceptors (Lipinski definition) is 3. The van der Waals surface area contributed by atoms with Crippen LogP contribution in [0.1, 0.15) is 39.5 Å². The van der Waals surface area contributed by atoms with E-state index >= 15 is 0 Å². The molecule has 0 aromatic rings. The number of carbonyl (C=O) groups is 2. The largest absolute Gasteiger partial charge is 0.354 e. The quantitative estimate of drug-likeness (QED) is 0.755. The molecule has 2 rings (SSSR count). The molecule has 0 radical (unpaired) electrons. The van der Waals surface area contributed by atoms with Crippen LogP contribution in [0.15, 0.2) is 0 Å². The van der Waals surface area contributed by atoms with Crippen molar-refractivity contribution in [1.82, 2.24) is 15.5 Å². The standard InChI is InChI=1S/C15H27N3O2/c1-3-18(4-2)13(19)8-9-16-15(20)14-12-7-5-6-11(12)10-17-14/h11-12,14,17H,3-10H2,1-2H3,(H,16,20). The molecular formula is C15H27N3O2. The maximum Gasteiger partial charge on any atom is 0.237 e. The summed E-state index contributed by atoms with van der Waals surface area (Å²) in [6.45, 7) is 6.84. The Bertz CT molecular complexity index is 355. The minimum absolute atomic E-state index is 0.0361. The Hall–Kier alpha value is -1.10. The molecule has 5 heteroatoms. The number of nitrogens with one attached hydrogen (secondary N) is 2. The summed E-state index contributed by atoms with van der Waals surface area (Å²) in [7, 11) is 0. The highest BCUT2D eigenvalue weighted by molar-refractivity contribution is 5.83. The number of fused-ring (bicyclic) bond motifs is 1. The molecule has 0 spiro atoms. The first-order chi connectivity index (χ1) is 9.67. The Kier molecular flexibility index (Phi) is 5.40. The zero-order valence-electron chi connectivity index (χ0n) is 12.7. The van der Waals surface area contributed by atoms with E-state index in [1.807, 2.05) is 13.8 Å². The molecule has 1 saturated heterocycles. The summed E-state index contributed by atoms with van der Waals surface area (Å²) in [6.07, 6.45) is 4.06. The van der Waals surface area contributed by atoms with E-state index in [1.165, 1.54) is 12.8 Å². The zero-order chi connectivity index (χ0) is 14.5. The highest BCUT2D eigenvalue weighted by Gasteiger charge is 2.42. The molecule has 5 nitrogen and oxygen atoms in total. The molecule has 1 aliphatic heterocycles. The van der Waals surface area contributed by atoms with E-state index < -0.39 is 0 Å². The van der Waals surface area contributed by atoms with Crippen LogP contribution in [-0.4, -0.2) is 48.9 Å². The Morgan fingerprint density at radius 3 is 2.70 bits per heavy atom. The third-order valence-corrected chi connectivity index (χ3v) is 4.78. The fraction of sp³-hybridized carbons (Fsp3) is 0.867. The normalized spacial score (nSPS) is 28.2. The summed E-state index contributed by atoms with van der Waals surface area (Å²) in [4.78, 5) is 25.8. The number of amides is 2. The Balaban J connectivity index is 1.71. The van der Waals surface area contributed by atoms with Gasteiger partial charge in [0.1, 0.15) is 0 Å². The van der Waals surface area contributed by atoms with Crippen molar-refractivity contribution >= 4 is 11.8 Å². The van der Waals surface area contributed by atoms with Gasteiger partial charge in [-0.05, 0) is 45.1 Å². The van der Waals surface area contributed by atoms with Crippen LogP contribution in [-0.2, 0) is 9.59 Å². The summed E-state index contributed by atoms with van der Waals surface area (Å²) in [6, 6.07) is -0.0361. The molecular weight excluding hydrogens is 254 g/mol. The van der Waals surface area contributed by atoms with Gasteiger partial charge in [-0.25, -0.2) is 0 Å². The predicted molar refractivity (Wildman–Crippen MR) is 78.2 cm³/mol. The molecule has 2 aliphatic rings. The van der Waals surface area contributed by atoms with E-state index in [0.717, 1.165) is 26.1 Å². The van der Waals surface area contributed by atoms with Gasteiger partial charge in [0, 0.05) is 26.1 Å². The summed E-state index contributed by atoms with van der Waals surface area (Å²) >= 11 is 0.